The monoisotopic (exact) mass is 119 g/mol. The van der Waals surface area contributed by atoms with E-state index in [1.807, 2.05) is 0 Å². The third-order valence-electron chi connectivity index (χ3n) is 0.751. The highest BCUT2D eigenvalue weighted by atomic mass is 16.4. The Morgan fingerprint density at radius 1 is 1.75 bits per heavy atom. The standard InChI is InChI=1S/C4H9NO3/c1-2(5)3(6)4(7)8/h2-3,6H,5H2,1H3,(H,7,8)/t2-,3-/m0/s1. The lowest BCUT2D eigenvalue weighted by Crippen LogP contribution is -2.37. The van der Waals surface area contributed by atoms with E-state index in [1.54, 1.807) is 0 Å². The Morgan fingerprint density at radius 3 is 2.12 bits per heavy atom. The molecule has 0 aromatic carbocycles. The molecule has 0 heterocycles. The van der Waals surface area contributed by atoms with Crippen molar-refractivity contribution in [1.82, 2.24) is 0 Å². The van der Waals surface area contributed by atoms with Gasteiger partial charge in [0.2, 0.25) is 0 Å². The highest BCUT2D eigenvalue weighted by Gasteiger charge is 2.16. The Hall–Kier alpha value is -0.610. The van der Waals surface area contributed by atoms with Crippen molar-refractivity contribution in [1.29, 1.82) is 0 Å². The minimum Gasteiger partial charge on any atom is -0.479 e. The van der Waals surface area contributed by atoms with Gasteiger partial charge in [0.05, 0.1) is 0 Å². The maximum Gasteiger partial charge on any atom is 0.334 e. The fraction of sp³-hybridized carbons (Fsp3) is 0.750. The van der Waals surface area contributed by atoms with Crippen molar-refractivity contribution < 1.29 is 15.0 Å². The molecule has 0 saturated heterocycles. The van der Waals surface area contributed by atoms with Crippen molar-refractivity contribution in [3.05, 3.63) is 0 Å². The molecule has 0 fully saturated rings. The van der Waals surface area contributed by atoms with E-state index >= 15 is 0 Å². The first kappa shape index (κ1) is 7.39. The Morgan fingerprint density at radius 2 is 2.12 bits per heavy atom. The summed E-state index contributed by atoms with van der Waals surface area (Å²) in [6.45, 7) is 1.43. The van der Waals surface area contributed by atoms with Crippen LogP contribution in [0.2, 0.25) is 0 Å². The zero-order valence-electron chi connectivity index (χ0n) is 4.53. The third kappa shape index (κ3) is 1.90. The largest absolute Gasteiger partial charge is 0.479 e. The maximum atomic E-state index is 9.81. The summed E-state index contributed by atoms with van der Waals surface area (Å²) >= 11 is 0. The number of aliphatic hydroxyl groups excluding tert-OH is 1. The highest BCUT2D eigenvalue weighted by molar-refractivity contribution is 5.72. The van der Waals surface area contributed by atoms with Crippen LogP contribution in [0.1, 0.15) is 6.92 Å². The van der Waals surface area contributed by atoms with Crippen molar-refractivity contribution in [2.45, 2.75) is 19.1 Å². The summed E-state index contributed by atoms with van der Waals surface area (Å²) in [4.78, 5) is 9.81. The van der Waals surface area contributed by atoms with Gasteiger partial charge < -0.3 is 15.9 Å². The minimum absolute atomic E-state index is 0.701. The zero-order valence-corrected chi connectivity index (χ0v) is 4.53. The summed E-state index contributed by atoms with van der Waals surface area (Å²) < 4.78 is 0. The highest BCUT2D eigenvalue weighted by Crippen LogP contribution is 1.86. The first-order valence-corrected chi connectivity index (χ1v) is 2.22. The number of carboxylic acid groups (broad SMARTS) is 1. The van der Waals surface area contributed by atoms with Crippen molar-refractivity contribution in [3.63, 3.8) is 0 Å². The first-order valence-electron chi connectivity index (χ1n) is 2.22. The molecule has 0 aliphatic rings. The Bertz CT molecular complexity index is 91.3. The van der Waals surface area contributed by atoms with Crippen LogP contribution >= 0.6 is 0 Å². The van der Waals surface area contributed by atoms with Crippen LogP contribution in [0.15, 0.2) is 0 Å². The summed E-state index contributed by atoms with van der Waals surface area (Å²) in [6, 6.07) is -0.701. The molecule has 0 bridgehead atoms. The summed E-state index contributed by atoms with van der Waals surface area (Å²) in [5.41, 5.74) is 5.01. The lowest BCUT2D eigenvalue weighted by molar-refractivity contribution is -0.147. The summed E-state index contributed by atoms with van der Waals surface area (Å²) in [7, 11) is 0. The summed E-state index contributed by atoms with van der Waals surface area (Å²) in [6.07, 6.45) is -1.44. The molecule has 0 saturated carbocycles. The molecule has 0 aromatic heterocycles. The van der Waals surface area contributed by atoms with E-state index in [0.29, 0.717) is 0 Å². The third-order valence-corrected chi connectivity index (χ3v) is 0.751. The molecule has 0 aromatic rings. The van der Waals surface area contributed by atoms with Gasteiger partial charge in [-0.1, -0.05) is 0 Å². The van der Waals surface area contributed by atoms with Gasteiger partial charge in [-0.15, -0.1) is 0 Å². The molecule has 0 aliphatic carbocycles. The number of hydrogen-bond acceptors (Lipinski definition) is 3. The fourth-order valence-electron chi connectivity index (χ4n) is 0.225. The van der Waals surface area contributed by atoms with E-state index in [0.717, 1.165) is 0 Å². The number of hydrogen-bond donors (Lipinski definition) is 3. The first-order chi connectivity index (χ1) is 3.55. The number of nitrogens with two attached hydrogens (primary N) is 1. The quantitative estimate of drug-likeness (QED) is 0.425. The Balaban J connectivity index is 3.64. The molecule has 2 atom stereocenters. The Labute approximate surface area is 46.9 Å². The molecular weight excluding hydrogens is 110 g/mol. The number of aliphatic carboxylic acids is 1. The minimum atomic E-state index is -1.44. The van der Waals surface area contributed by atoms with Crippen LogP contribution in [-0.2, 0) is 4.79 Å². The molecule has 4 N–H and O–H groups in total. The average molecular weight is 119 g/mol. The van der Waals surface area contributed by atoms with Gasteiger partial charge in [0, 0.05) is 6.04 Å². The molecule has 0 unspecified atom stereocenters. The summed E-state index contributed by atoms with van der Waals surface area (Å²) in [5, 5.41) is 16.5. The van der Waals surface area contributed by atoms with Crippen LogP contribution in [0.3, 0.4) is 0 Å². The van der Waals surface area contributed by atoms with Gasteiger partial charge in [-0.2, -0.15) is 0 Å². The molecule has 8 heavy (non-hydrogen) atoms. The van der Waals surface area contributed by atoms with Crippen molar-refractivity contribution in [3.8, 4) is 0 Å². The van der Waals surface area contributed by atoms with Crippen molar-refractivity contribution in [2.75, 3.05) is 0 Å². The molecule has 0 radical (unpaired) electrons. The molecule has 0 rings (SSSR count). The van der Waals surface area contributed by atoms with Gasteiger partial charge in [-0.25, -0.2) is 4.79 Å². The van der Waals surface area contributed by atoms with Crippen LogP contribution in [0.4, 0.5) is 0 Å². The van der Waals surface area contributed by atoms with Gasteiger partial charge in [0.1, 0.15) is 0 Å². The van der Waals surface area contributed by atoms with E-state index in [9.17, 15) is 4.79 Å². The molecule has 48 valence electrons. The van der Waals surface area contributed by atoms with Gasteiger partial charge in [0.25, 0.3) is 0 Å². The predicted molar refractivity (Wildman–Crippen MR) is 27.3 cm³/mol. The van der Waals surface area contributed by atoms with E-state index in [-0.39, 0.29) is 0 Å². The number of aliphatic hydroxyl groups is 1. The van der Waals surface area contributed by atoms with E-state index in [2.05, 4.69) is 0 Å². The van der Waals surface area contributed by atoms with Gasteiger partial charge in [-0.05, 0) is 6.92 Å². The Kier molecular flexibility index (Phi) is 2.44. The van der Waals surface area contributed by atoms with Crippen LogP contribution in [0.25, 0.3) is 0 Å². The SMILES string of the molecule is C[C@H](N)[C@H](O)C(=O)O. The normalized spacial score (nSPS) is 17.4. The fourth-order valence-corrected chi connectivity index (χ4v) is 0.225. The van der Waals surface area contributed by atoms with Crippen LogP contribution < -0.4 is 5.73 Å². The second kappa shape index (κ2) is 2.64. The lowest BCUT2D eigenvalue weighted by atomic mass is 10.2. The van der Waals surface area contributed by atoms with E-state index < -0.39 is 18.1 Å². The van der Waals surface area contributed by atoms with Crippen LogP contribution in [0.5, 0.6) is 0 Å². The lowest BCUT2D eigenvalue weighted by Gasteiger charge is -2.06. The molecule has 4 heteroatoms. The zero-order chi connectivity index (χ0) is 6.73. The van der Waals surface area contributed by atoms with E-state index in [1.165, 1.54) is 6.92 Å². The molecule has 4 nitrogen and oxygen atoms in total. The second-order valence-corrected chi connectivity index (χ2v) is 1.64. The van der Waals surface area contributed by atoms with Crippen molar-refractivity contribution in [2.24, 2.45) is 5.73 Å². The maximum absolute atomic E-state index is 9.81. The molecule has 0 aliphatic heterocycles. The van der Waals surface area contributed by atoms with E-state index in [4.69, 9.17) is 15.9 Å². The molecular formula is C4H9NO3. The number of carboxylic acids is 1. The van der Waals surface area contributed by atoms with Crippen LogP contribution in [0, 0.1) is 0 Å². The molecule has 0 amide bonds. The van der Waals surface area contributed by atoms with Gasteiger partial charge >= 0.3 is 5.97 Å². The number of rotatable bonds is 2. The van der Waals surface area contributed by atoms with Gasteiger partial charge in [-0.3, -0.25) is 0 Å². The topological polar surface area (TPSA) is 83.5 Å². The number of carbonyl (C=O) groups is 1. The van der Waals surface area contributed by atoms with Crippen LogP contribution in [-0.4, -0.2) is 28.3 Å². The smallest absolute Gasteiger partial charge is 0.334 e. The average Bonchev–Trinajstić information content (AvgIpc) is 1.64. The van der Waals surface area contributed by atoms with Gasteiger partial charge in [0.15, 0.2) is 6.10 Å². The van der Waals surface area contributed by atoms with Crippen molar-refractivity contribution >= 4 is 5.97 Å². The molecule has 0 spiro atoms. The summed E-state index contributed by atoms with van der Waals surface area (Å²) in [5.74, 6) is -1.28. The second-order valence-electron chi connectivity index (χ2n) is 1.64. The predicted octanol–water partition coefficient (Wildman–Crippen LogP) is -1.22.